The van der Waals surface area contributed by atoms with Gasteiger partial charge in [-0.2, -0.15) is 0 Å². The molecule has 3 aliphatic rings. The molecule has 3 aliphatic heterocycles. The first-order valence-electron chi connectivity index (χ1n) is 12.1. The molecule has 8 heteroatoms. The molecule has 35 heavy (non-hydrogen) atoms. The molecule has 2 aromatic carbocycles. The molecule has 186 valence electrons. The van der Waals surface area contributed by atoms with Crippen LogP contribution in [0.2, 0.25) is 0 Å². The Morgan fingerprint density at radius 3 is 2.63 bits per heavy atom. The number of halogens is 1. The van der Waals surface area contributed by atoms with Crippen molar-refractivity contribution in [1.82, 2.24) is 15.5 Å². The number of furan rings is 1. The third-order valence-corrected chi connectivity index (χ3v) is 6.99. The lowest BCUT2D eigenvalue weighted by Crippen LogP contribution is -2.57. The Bertz CT molecular complexity index is 1190. The summed E-state index contributed by atoms with van der Waals surface area (Å²) in [7, 11) is 1.65. The van der Waals surface area contributed by atoms with Crippen molar-refractivity contribution in [1.29, 1.82) is 0 Å². The number of nitrogens with zero attached hydrogens (tertiary/aromatic N) is 1. The lowest BCUT2D eigenvalue weighted by molar-refractivity contribution is 0.0607. The van der Waals surface area contributed by atoms with Crippen LogP contribution in [0.4, 0.5) is 0 Å². The van der Waals surface area contributed by atoms with Crippen LogP contribution in [0.3, 0.4) is 0 Å². The van der Waals surface area contributed by atoms with Crippen LogP contribution in [-0.4, -0.2) is 62.7 Å². The highest BCUT2D eigenvalue weighted by Crippen LogP contribution is 2.32. The van der Waals surface area contributed by atoms with Crippen molar-refractivity contribution in [3.05, 3.63) is 59.9 Å². The number of nitrogens with one attached hydrogen (secondary N) is 2. The summed E-state index contributed by atoms with van der Waals surface area (Å²) in [5.74, 6) is 0.593. The molecule has 3 fully saturated rings. The van der Waals surface area contributed by atoms with Crippen molar-refractivity contribution >= 4 is 35.2 Å². The summed E-state index contributed by atoms with van der Waals surface area (Å²) < 4.78 is 11.1. The SMILES string of the molecule is COCCCNC(=O)c1cccc(-c2cccc3cc(C(=O)N[C@H]4CN5CCC4CC5)oc23)c1.Cl. The van der Waals surface area contributed by atoms with Crippen LogP contribution in [0.25, 0.3) is 22.1 Å². The van der Waals surface area contributed by atoms with Gasteiger partial charge in [0, 0.05) is 49.4 Å². The molecule has 0 saturated carbocycles. The number of fused-ring (bicyclic) bond motifs is 4. The number of carbonyl (C=O) groups is 2. The van der Waals surface area contributed by atoms with Crippen LogP contribution < -0.4 is 10.6 Å². The average molecular weight is 498 g/mol. The topological polar surface area (TPSA) is 83.8 Å². The van der Waals surface area contributed by atoms with Gasteiger partial charge in [-0.05, 0) is 62.0 Å². The molecule has 2 N–H and O–H groups in total. The van der Waals surface area contributed by atoms with E-state index in [0.29, 0.717) is 36.0 Å². The molecule has 3 saturated heterocycles. The fraction of sp³-hybridized carbons (Fsp3) is 0.407. The number of methoxy groups -OCH3 is 1. The smallest absolute Gasteiger partial charge is 0.287 e. The zero-order valence-corrected chi connectivity index (χ0v) is 20.7. The molecular weight excluding hydrogens is 466 g/mol. The Balaban J connectivity index is 0.00000289. The molecular formula is C27H32ClN3O4. The van der Waals surface area contributed by atoms with E-state index in [9.17, 15) is 9.59 Å². The lowest BCUT2D eigenvalue weighted by atomic mass is 9.84. The highest BCUT2D eigenvalue weighted by atomic mass is 35.5. The molecule has 0 aliphatic carbocycles. The second-order valence-electron chi connectivity index (χ2n) is 9.24. The van der Waals surface area contributed by atoms with Gasteiger partial charge < -0.3 is 24.7 Å². The number of hydrogen-bond donors (Lipinski definition) is 2. The third kappa shape index (κ3) is 5.53. The van der Waals surface area contributed by atoms with E-state index in [4.69, 9.17) is 9.15 Å². The molecule has 4 heterocycles. The van der Waals surface area contributed by atoms with Crippen LogP contribution >= 0.6 is 12.4 Å². The molecule has 0 radical (unpaired) electrons. The number of ether oxygens (including phenoxy) is 1. The summed E-state index contributed by atoms with van der Waals surface area (Å²) in [4.78, 5) is 28.0. The second kappa shape index (κ2) is 11.2. The summed E-state index contributed by atoms with van der Waals surface area (Å²) in [6, 6.07) is 15.3. The number of para-hydroxylation sites is 1. The molecule has 0 unspecified atom stereocenters. The Hall–Kier alpha value is -2.87. The van der Waals surface area contributed by atoms with E-state index in [1.165, 1.54) is 0 Å². The Morgan fingerprint density at radius 2 is 1.89 bits per heavy atom. The largest absolute Gasteiger partial charge is 0.450 e. The highest BCUT2D eigenvalue weighted by molar-refractivity contribution is 6.01. The van der Waals surface area contributed by atoms with Crippen LogP contribution in [0.1, 0.15) is 40.2 Å². The molecule has 0 spiro atoms. The van der Waals surface area contributed by atoms with Crippen LogP contribution in [-0.2, 0) is 4.74 Å². The summed E-state index contributed by atoms with van der Waals surface area (Å²) in [5.41, 5.74) is 2.96. The third-order valence-electron chi connectivity index (χ3n) is 6.99. The first-order chi connectivity index (χ1) is 16.6. The number of piperidine rings is 3. The highest BCUT2D eigenvalue weighted by Gasteiger charge is 2.35. The van der Waals surface area contributed by atoms with Crippen molar-refractivity contribution in [2.75, 3.05) is 39.9 Å². The van der Waals surface area contributed by atoms with E-state index in [-0.39, 0.29) is 30.3 Å². The maximum Gasteiger partial charge on any atom is 0.287 e. The van der Waals surface area contributed by atoms with Gasteiger partial charge in [-0.25, -0.2) is 0 Å². The molecule has 6 rings (SSSR count). The van der Waals surface area contributed by atoms with Gasteiger partial charge in [0.2, 0.25) is 0 Å². The van der Waals surface area contributed by atoms with Gasteiger partial charge in [0.1, 0.15) is 5.58 Å². The fourth-order valence-corrected chi connectivity index (χ4v) is 5.12. The molecule has 1 aromatic heterocycles. The van der Waals surface area contributed by atoms with E-state index in [1.807, 2.05) is 42.5 Å². The summed E-state index contributed by atoms with van der Waals surface area (Å²) in [6.45, 7) is 4.35. The summed E-state index contributed by atoms with van der Waals surface area (Å²) >= 11 is 0. The number of carbonyl (C=O) groups excluding carboxylic acids is 2. The molecule has 7 nitrogen and oxygen atoms in total. The zero-order chi connectivity index (χ0) is 23.5. The van der Waals surface area contributed by atoms with E-state index in [2.05, 4.69) is 15.5 Å². The minimum atomic E-state index is -0.162. The van der Waals surface area contributed by atoms with Crippen molar-refractivity contribution in [3.8, 4) is 11.1 Å². The first-order valence-corrected chi connectivity index (χ1v) is 12.1. The van der Waals surface area contributed by atoms with Gasteiger partial charge in [0.15, 0.2) is 5.76 Å². The molecule has 2 amide bonds. The normalized spacial score (nSPS) is 20.9. The van der Waals surface area contributed by atoms with Gasteiger partial charge in [-0.3, -0.25) is 9.59 Å². The summed E-state index contributed by atoms with van der Waals surface area (Å²) in [5, 5.41) is 6.99. The Morgan fingerprint density at radius 1 is 1.09 bits per heavy atom. The van der Waals surface area contributed by atoms with E-state index < -0.39 is 0 Å². The van der Waals surface area contributed by atoms with Gasteiger partial charge in [0.05, 0.1) is 0 Å². The van der Waals surface area contributed by atoms with Crippen LogP contribution in [0.15, 0.2) is 52.9 Å². The van der Waals surface area contributed by atoms with E-state index >= 15 is 0 Å². The average Bonchev–Trinajstić information content (AvgIpc) is 3.32. The minimum absolute atomic E-state index is 0. The van der Waals surface area contributed by atoms with Gasteiger partial charge in [-0.1, -0.05) is 30.3 Å². The molecule has 3 aromatic rings. The molecule has 2 bridgehead atoms. The maximum absolute atomic E-state index is 13.0. The predicted octanol–water partition coefficient (Wildman–Crippen LogP) is 4.11. The number of amides is 2. The van der Waals surface area contributed by atoms with Crippen LogP contribution in [0.5, 0.6) is 0 Å². The predicted molar refractivity (Wildman–Crippen MR) is 138 cm³/mol. The van der Waals surface area contributed by atoms with Gasteiger partial charge in [0.25, 0.3) is 11.8 Å². The van der Waals surface area contributed by atoms with E-state index in [0.717, 1.165) is 55.4 Å². The van der Waals surface area contributed by atoms with E-state index in [1.54, 1.807) is 13.2 Å². The standard InChI is InChI=1S/C27H31N3O4.ClH/c1-33-14-4-11-28-26(31)21-7-2-5-19(15-21)22-8-3-6-20-16-24(34-25(20)22)27(32)29-23-17-30-12-9-18(23)10-13-30;/h2-3,5-8,15-16,18,23H,4,9-14,17H2,1H3,(H,28,31)(H,29,32);1H/t23-;/m0./s1. The number of benzene rings is 2. The Labute approximate surface area is 211 Å². The quantitative estimate of drug-likeness (QED) is 0.457. The van der Waals surface area contributed by atoms with Gasteiger partial charge >= 0.3 is 0 Å². The van der Waals surface area contributed by atoms with Crippen molar-refractivity contribution in [3.63, 3.8) is 0 Å². The number of hydrogen-bond acceptors (Lipinski definition) is 5. The first kappa shape index (κ1) is 25.2. The zero-order valence-electron chi connectivity index (χ0n) is 19.9. The molecule has 1 atom stereocenters. The Kier molecular flexibility index (Phi) is 8.11. The van der Waals surface area contributed by atoms with Gasteiger partial charge in [-0.15, -0.1) is 12.4 Å². The van der Waals surface area contributed by atoms with Crippen molar-refractivity contribution in [2.24, 2.45) is 5.92 Å². The fourth-order valence-electron chi connectivity index (χ4n) is 5.12. The van der Waals surface area contributed by atoms with Crippen molar-refractivity contribution < 1.29 is 18.7 Å². The monoisotopic (exact) mass is 497 g/mol. The lowest BCUT2D eigenvalue weighted by Gasteiger charge is -2.44. The summed E-state index contributed by atoms with van der Waals surface area (Å²) in [6.07, 6.45) is 3.05. The maximum atomic E-state index is 13.0. The van der Waals surface area contributed by atoms with Crippen LogP contribution in [0, 0.1) is 5.92 Å². The number of rotatable bonds is 8. The second-order valence-corrected chi connectivity index (χ2v) is 9.24. The minimum Gasteiger partial charge on any atom is -0.450 e. The van der Waals surface area contributed by atoms with Crippen molar-refractivity contribution in [2.45, 2.75) is 25.3 Å².